The zero-order chi connectivity index (χ0) is 13.2. The van der Waals surface area contributed by atoms with Gasteiger partial charge in [0.1, 0.15) is 17.7 Å². The number of benzene rings is 1. The monoisotopic (exact) mass is 245 g/mol. The number of carbonyl (C=O) groups is 1. The van der Waals surface area contributed by atoms with E-state index in [2.05, 4.69) is 0 Å². The van der Waals surface area contributed by atoms with E-state index >= 15 is 0 Å². The van der Waals surface area contributed by atoms with Gasteiger partial charge in [-0.25, -0.2) is 8.78 Å². The zero-order valence-electron chi connectivity index (χ0n) is 9.15. The summed E-state index contributed by atoms with van der Waals surface area (Å²) in [5, 5.41) is 19.0. The Morgan fingerprint density at radius 2 is 1.94 bits per heavy atom. The summed E-state index contributed by atoms with van der Waals surface area (Å²) >= 11 is 0. The lowest BCUT2D eigenvalue weighted by atomic mass is 9.99. The third kappa shape index (κ3) is 3.21. The molecule has 0 heterocycles. The molecular weight excluding hydrogens is 232 g/mol. The molecule has 6 heteroatoms. The maximum Gasteiger partial charge on any atom is 0.220 e. The summed E-state index contributed by atoms with van der Waals surface area (Å²) in [4.78, 5) is 10.5. The Bertz CT molecular complexity index is 437. The molecule has 0 fully saturated rings. The quantitative estimate of drug-likeness (QED) is 0.724. The molecule has 4 nitrogen and oxygen atoms in total. The van der Waals surface area contributed by atoms with Gasteiger partial charge in [0.05, 0.1) is 12.5 Å². The summed E-state index contributed by atoms with van der Waals surface area (Å²) in [5.74, 6) is -2.55. The fourth-order valence-electron chi connectivity index (χ4n) is 1.43. The summed E-state index contributed by atoms with van der Waals surface area (Å²) in [6.45, 7) is 1.39. The van der Waals surface area contributed by atoms with Gasteiger partial charge in [0.15, 0.2) is 0 Å². The number of halogens is 2. The lowest BCUT2D eigenvalue weighted by Gasteiger charge is -2.18. The fourth-order valence-corrected chi connectivity index (χ4v) is 1.43. The van der Waals surface area contributed by atoms with E-state index in [4.69, 9.17) is 5.73 Å². The minimum Gasteiger partial charge on any atom is -0.390 e. The first-order chi connectivity index (χ1) is 7.82. The predicted octanol–water partition coefficient (Wildman–Crippen LogP) is 0.543. The molecule has 0 aliphatic heterocycles. The maximum atomic E-state index is 13.4. The van der Waals surface area contributed by atoms with E-state index < -0.39 is 36.2 Å². The first-order valence-corrected chi connectivity index (χ1v) is 4.93. The highest BCUT2D eigenvalue weighted by Gasteiger charge is 2.24. The lowest BCUT2D eigenvalue weighted by Crippen LogP contribution is -2.26. The summed E-state index contributed by atoms with van der Waals surface area (Å²) in [7, 11) is 0. The van der Waals surface area contributed by atoms with Crippen LogP contribution >= 0.6 is 0 Å². The Kier molecular flexibility index (Phi) is 4.14. The van der Waals surface area contributed by atoms with E-state index in [0.29, 0.717) is 6.07 Å². The van der Waals surface area contributed by atoms with E-state index in [-0.39, 0.29) is 11.1 Å². The smallest absolute Gasteiger partial charge is 0.220 e. The molecule has 0 spiro atoms. The summed E-state index contributed by atoms with van der Waals surface area (Å²) < 4.78 is 26.3. The maximum absolute atomic E-state index is 13.4. The molecule has 0 aliphatic rings. The second-order valence-corrected chi connectivity index (χ2v) is 3.81. The van der Waals surface area contributed by atoms with Crippen molar-refractivity contribution in [2.24, 2.45) is 5.73 Å². The van der Waals surface area contributed by atoms with Gasteiger partial charge in [-0.1, -0.05) is 0 Å². The average molecular weight is 245 g/mol. The Morgan fingerprint density at radius 1 is 1.35 bits per heavy atom. The van der Waals surface area contributed by atoms with Gasteiger partial charge in [-0.05, 0) is 18.6 Å². The number of aliphatic hydroxyl groups excluding tert-OH is 2. The fraction of sp³-hybridized carbons (Fsp3) is 0.364. The molecule has 2 atom stereocenters. The van der Waals surface area contributed by atoms with Crippen LogP contribution in [0.5, 0.6) is 0 Å². The molecule has 17 heavy (non-hydrogen) atoms. The third-order valence-electron chi connectivity index (χ3n) is 2.37. The van der Waals surface area contributed by atoms with Gasteiger partial charge < -0.3 is 15.9 Å². The Hall–Kier alpha value is -1.53. The van der Waals surface area contributed by atoms with Crippen molar-refractivity contribution in [2.75, 3.05) is 0 Å². The van der Waals surface area contributed by atoms with Crippen LogP contribution in [0, 0.1) is 18.6 Å². The number of carbonyl (C=O) groups excluding carboxylic acids is 1. The van der Waals surface area contributed by atoms with Gasteiger partial charge in [-0.15, -0.1) is 0 Å². The van der Waals surface area contributed by atoms with Gasteiger partial charge in [-0.3, -0.25) is 4.79 Å². The number of hydrogen-bond acceptors (Lipinski definition) is 3. The van der Waals surface area contributed by atoms with Gasteiger partial charge in [-0.2, -0.15) is 0 Å². The highest BCUT2D eigenvalue weighted by atomic mass is 19.1. The van der Waals surface area contributed by atoms with Gasteiger partial charge in [0.25, 0.3) is 0 Å². The Labute approximate surface area is 96.7 Å². The van der Waals surface area contributed by atoms with Crippen molar-refractivity contribution in [3.05, 3.63) is 34.9 Å². The first kappa shape index (κ1) is 13.5. The third-order valence-corrected chi connectivity index (χ3v) is 2.37. The summed E-state index contributed by atoms with van der Waals surface area (Å²) in [6.07, 6.45) is -3.65. The number of primary amides is 1. The standard InChI is InChI=1S/C11H13F2NO3/c1-5-2-6(8(13)3-7(5)12)11(17)9(15)4-10(14)16/h2-3,9,11,15,17H,4H2,1H3,(H2,14,16). The molecule has 0 saturated carbocycles. The van der Waals surface area contributed by atoms with Crippen LogP contribution in [0.4, 0.5) is 8.78 Å². The van der Waals surface area contributed by atoms with Crippen molar-refractivity contribution in [1.29, 1.82) is 0 Å². The zero-order valence-corrected chi connectivity index (χ0v) is 9.15. The second kappa shape index (κ2) is 5.20. The number of rotatable bonds is 4. The molecular formula is C11H13F2NO3. The molecule has 1 aromatic rings. The van der Waals surface area contributed by atoms with Crippen LogP contribution in [-0.2, 0) is 4.79 Å². The van der Waals surface area contributed by atoms with E-state index in [0.717, 1.165) is 6.07 Å². The summed E-state index contributed by atoms with van der Waals surface area (Å²) in [5.41, 5.74) is 4.70. The van der Waals surface area contributed by atoms with Crippen molar-refractivity contribution < 1.29 is 23.8 Å². The normalized spacial score (nSPS) is 14.4. The van der Waals surface area contributed by atoms with Gasteiger partial charge in [0, 0.05) is 11.6 Å². The topological polar surface area (TPSA) is 83.6 Å². The minimum atomic E-state index is -1.62. The molecule has 0 aliphatic carbocycles. The Balaban J connectivity index is 2.99. The minimum absolute atomic E-state index is 0.131. The van der Waals surface area contributed by atoms with E-state index in [9.17, 15) is 23.8 Å². The predicted molar refractivity (Wildman–Crippen MR) is 55.9 cm³/mol. The van der Waals surface area contributed by atoms with Crippen LogP contribution in [0.3, 0.4) is 0 Å². The lowest BCUT2D eigenvalue weighted by molar-refractivity contribution is -0.121. The van der Waals surface area contributed by atoms with Crippen LogP contribution in [0.25, 0.3) is 0 Å². The van der Waals surface area contributed by atoms with E-state index in [1.807, 2.05) is 0 Å². The SMILES string of the molecule is Cc1cc(C(O)C(O)CC(N)=O)c(F)cc1F. The number of aliphatic hydroxyl groups is 2. The largest absolute Gasteiger partial charge is 0.390 e. The van der Waals surface area contributed by atoms with Crippen molar-refractivity contribution in [2.45, 2.75) is 25.6 Å². The van der Waals surface area contributed by atoms with Gasteiger partial charge in [0.2, 0.25) is 5.91 Å². The van der Waals surface area contributed by atoms with Crippen molar-refractivity contribution in [3.8, 4) is 0 Å². The molecule has 0 bridgehead atoms. The van der Waals surface area contributed by atoms with Crippen molar-refractivity contribution in [1.82, 2.24) is 0 Å². The van der Waals surface area contributed by atoms with Crippen LogP contribution in [0.2, 0.25) is 0 Å². The van der Waals surface area contributed by atoms with Crippen LogP contribution in [-0.4, -0.2) is 22.2 Å². The molecule has 0 saturated heterocycles. The van der Waals surface area contributed by atoms with E-state index in [1.54, 1.807) is 0 Å². The molecule has 1 amide bonds. The average Bonchev–Trinajstić information content (AvgIpc) is 2.21. The molecule has 0 aromatic heterocycles. The Morgan fingerprint density at radius 3 is 2.47 bits per heavy atom. The summed E-state index contributed by atoms with van der Waals surface area (Å²) in [6, 6.07) is 1.70. The molecule has 94 valence electrons. The van der Waals surface area contributed by atoms with Gasteiger partial charge >= 0.3 is 0 Å². The molecule has 1 rings (SSSR count). The highest BCUT2D eigenvalue weighted by molar-refractivity contribution is 5.74. The molecule has 2 unspecified atom stereocenters. The van der Waals surface area contributed by atoms with E-state index in [1.165, 1.54) is 6.92 Å². The molecule has 0 radical (unpaired) electrons. The number of aryl methyl sites for hydroxylation is 1. The van der Waals surface area contributed by atoms with Crippen molar-refractivity contribution >= 4 is 5.91 Å². The highest BCUT2D eigenvalue weighted by Crippen LogP contribution is 2.24. The number of nitrogens with two attached hydrogens (primary N) is 1. The number of amides is 1. The van der Waals surface area contributed by atoms with Crippen LogP contribution in [0.15, 0.2) is 12.1 Å². The van der Waals surface area contributed by atoms with Crippen molar-refractivity contribution in [3.63, 3.8) is 0 Å². The second-order valence-electron chi connectivity index (χ2n) is 3.81. The van der Waals surface area contributed by atoms with Crippen LogP contribution in [0.1, 0.15) is 23.7 Å². The van der Waals surface area contributed by atoms with Crippen LogP contribution < -0.4 is 5.73 Å². The molecule has 4 N–H and O–H groups in total. The molecule has 1 aromatic carbocycles. The number of hydrogen-bond donors (Lipinski definition) is 3. The first-order valence-electron chi connectivity index (χ1n) is 4.93.